The van der Waals surface area contributed by atoms with Crippen molar-refractivity contribution in [2.24, 2.45) is 5.92 Å². The third-order valence-corrected chi connectivity index (χ3v) is 5.42. The number of para-hydroxylation sites is 1. The highest BCUT2D eigenvalue weighted by atomic mass is 32.2. The van der Waals surface area contributed by atoms with Crippen LogP contribution < -0.4 is 5.32 Å². The van der Waals surface area contributed by atoms with E-state index in [-0.39, 0.29) is 23.6 Å². The number of tetrazole rings is 1. The molecule has 0 aliphatic heterocycles. The molecule has 1 atom stereocenters. The number of nitrogens with zero attached hydrogens (tertiary/aromatic N) is 4. The van der Waals surface area contributed by atoms with Crippen molar-refractivity contribution >= 4 is 17.7 Å². The number of benzene rings is 2. The molecule has 7 heteroatoms. The van der Waals surface area contributed by atoms with Gasteiger partial charge in [-0.2, -0.15) is 4.68 Å². The normalized spacial score (nSPS) is 12.1. The van der Waals surface area contributed by atoms with Crippen molar-refractivity contribution in [3.05, 3.63) is 65.7 Å². The summed E-state index contributed by atoms with van der Waals surface area (Å²) in [4.78, 5) is 12.6. The maximum Gasteiger partial charge on any atom is 0.230 e. The summed E-state index contributed by atoms with van der Waals surface area (Å²) in [7, 11) is 0. The summed E-state index contributed by atoms with van der Waals surface area (Å²) in [5, 5.41) is 15.5. The number of thioether (sulfide) groups is 1. The van der Waals surface area contributed by atoms with E-state index in [0.29, 0.717) is 5.16 Å². The first kappa shape index (κ1) is 20.1. The second-order valence-corrected chi connectivity index (χ2v) is 7.82. The summed E-state index contributed by atoms with van der Waals surface area (Å²) in [6.45, 7) is 6.36. The summed E-state index contributed by atoms with van der Waals surface area (Å²) in [5.74, 6) is 0.505. The van der Waals surface area contributed by atoms with Gasteiger partial charge in [-0.05, 0) is 46.0 Å². The highest BCUT2D eigenvalue weighted by Crippen LogP contribution is 2.23. The molecule has 1 amide bonds. The Morgan fingerprint density at radius 2 is 1.82 bits per heavy atom. The fraction of sp³-hybridized carbons (Fsp3) is 0.333. The summed E-state index contributed by atoms with van der Waals surface area (Å²) in [6, 6.07) is 18.1. The Bertz CT molecular complexity index is 893. The standard InChI is InChI=1S/C21H25N5OS/c1-4-16-10-12-17(13-11-16)20(15(2)3)22-19(27)14-28-21-23-24-25-26(21)18-8-6-5-7-9-18/h5-13,15,20H,4,14H2,1-3H3,(H,22,27)/t20-/m1/s1. The van der Waals surface area contributed by atoms with Crippen LogP contribution in [0.3, 0.4) is 0 Å². The zero-order chi connectivity index (χ0) is 19.9. The molecule has 28 heavy (non-hydrogen) atoms. The van der Waals surface area contributed by atoms with Crippen LogP contribution in [0.15, 0.2) is 59.8 Å². The van der Waals surface area contributed by atoms with E-state index < -0.39 is 0 Å². The van der Waals surface area contributed by atoms with E-state index in [4.69, 9.17) is 0 Å². The molecule has 2 aromatic carbocycles. The first-order valence-electron chi connectivity index (χ1n) is 9.43. The van der Waals surface area contributed by atoms with Gasteiger partial charge >= 0.3 is 0 Å². The molecule has 6 nitrogen and oxygen atoms in total. The largest absolute Gasteiger partial charge is 0.348 e. The fourth-order valence-electron chi connectivity index (χ4n) is 2.94. The molecular weight excluding hydrogens is 370 g/mol. The number of hydrogen-bond acceptors (Lipinski definition) is 5. The van der Waals surface area contributed by atoms with Gasteiger partial charge in [0, 0.05) is 0 Å². The van der Waals surface area contributed by atoms with Gasteiger partial charge in [-0.1, -0.05) is 75.0 Å². The van der Waals surface area contributed by atoms with Crippen molar-refractivity contribution in [3.63, 3.8) is 0 Å². The molecule has 0 aliphatic rings. The molecule has 3 aromatic rings. The monoisotopic (exact) mass is 395 g/mol. The van der Waals surface area contributed by atoms with Gasteiger partial charge in [-0.25, -0.2) is 0 Å². The van der Waals surface area contributed by atoms with Gasteiger partial charge in [0.2, 0.25) is 11.1 Å². The highest BCUT2D eigenvalue weighted by Gasteiger charge is 2.19. The number of hydrogen-bond donors (Lipinski definition) is 1. The number of aromatic nitrogens is 4. The van der Waals surface area contributed by atoms with Gasteiger partial charge < -0.3 is 5.32 Å². The third-order valence-electron chi connectivity index (χ3n) is 4.50. The summed E-state index contributed by atoms with van der Waals surface area (Å²) >= 11 is 1.33. The maximum absolute atomic E-state index is 12.6. The Balaban J connectivity index is 1.64. The second kappa shape index (κ2) is 9.50. The molecule has 0 fully saturated rings. The molecule has 0 aliphatic carbocycles. The molecule has 1 aromatic heterocycles. The summed E-state index contributed by atoms with van der Waals surface area (Å²) < 4.78 is 1.64. The number of aryl methyl sites for hydroxylation is 1. The quantitative estimate of drug-likeness (QED) is 0.587. The molecule has 0 unspecified atom stereocenters. The van der Waals surface area contributed by atoms with Crippen LogP contribution in [0.1, 0.15) is 37.9 Å². The van der Waals surface area contributed by atoms with Crippen LogP contribution in [-0.4, -0.2) is 31.9 Å². The predicted octanol–water partition coefficient (Wildman–Crippen LogP) is 3.83. The van der Waals surface area contributed by atoms with E-state index in [9.17, 15) is 4.79 Å². The van der Waals surface area contributed by atoms with E-state index >= 15 is 0 Å². The molecule has 3 rings (SSSR count). The van der Waals surface area contributed by atoms with Crippen LogP contribution in [0.25, 0.3) is 5.69 Å². The first-order chi connectivity index (χ1) is 13.6. The van der Waals surface area contributed by atoms with E-state index in [1.165, 1.54) is 17.3 Å². The van der Waals surface area contributed by atoms with Gasteiger partial charge in [0.15, 0.2) is 0 Å². The van der Waals surface area contributed by atoms with Crippen molar-refractivity contribution in [1.29, 1.82) is 0 Å². The zero-order valence-corrected chi connectivity index (χ0v) is 17.2. The van der Waals surface area contributed by atoms with Gasteiger partial charge in [0.25, 0.3) is 0 Å². The number of carbonyl (C=O) groups is 1. The van der Waals surface area contributed by atoms with Gasteiger partial charge in [-0.3, -0.25) is 4.79 Å². The summed E-state index contributed by atoms with van der Waals surface area (Å²) in [6.07, 6.45) is 1.01. The van der Waals surface area contributed by atoms with Crippen molar-refractivity contribution in [3.8, 4) is 5.69 Å². The lowest BCUT2D eigenvalue weighted by Gasteiger charge is -2.23. The van der Waals surface area contributed by atoms with E-state index in [0.717, 1.165) is 17.7 Å². The maximum atomic E-state index is 12.6. The number of amides is 1. The highest BCUT2D eigenvalue weighted by molar-refractivity contribution is 7.99. The smallest absolute Gasteiger partial charge is 0.230 e. The van der Waals surface area contributed by atoms with Gasteiger partial charge in [0.1, 0.15) is 0 Å². The Morgan fingerprint density at radius 3 is 2.46 bits per heavy atom. The lowest BCUT2D eigenvalue weighted by Crippen LogP contribution is -2.33. The lowest BCUT2D eigenvalue weighted by molar-refractivity contribution is -0.119. The Morgan fingerprint density at radius 1 is 1.11 bits per heavy atom. The van der Waals surface area contributed by atoms with E-state index in [1.807, 2.05) is 30.3 Å². The van der Waals surface area contributed by atoms with Gasteiger partial charge in [0.05, 0.1) is 17.5 Å². The minimum Gasteiger partial charge on any atom is -0.348 e. The lowest BCUT2D eigenvalue weighted by atomic mass is 9.95. The van der Waals surface area contributed by atoms with Crippen molar-refractivity contribution < 1.29 is 4.79 Å². The molecule has 0 saturated heterocycles. The average Bonchev–Trinajstić information content (AvgIpc) is 3.20. The molecule has 0 saturated carbocycles. The molecular formula is C21H25N5OS. The van der Waals surface area contributed by atoms with Crippen LogP contribution in [0.2, 0.25) is 0 Å². The molecule has 0 bridgehead atoms. The molecule has 1 heterocycles. The fourth-order valence-corrected chi connectivity index (χ4v) is 3.64. The van der Waals surface area contributed by atoms with E-state index in [1.54, 1.807) is 4.68 Å². The van der Waals surface area contributed by atoms with Crippen LogP contribution in [0, 0.1) is 5.92 Å². The number of carbonyl (C=O) groups excluding carboxylic acids is 1. The first-order valence-corrected chi connectivity index (χ1v) is 10.4. The molecule has 146 valence electrons. The molecule has 0 spiro atoms. The van der Waals surface area contributed by atoms with E-state index in [2.05, 4.69) is 65.9 Å². The van der Waals surface area contributed by atoms with Crippen LogP contribution in [-0.2, 0) is 11.2 Å². The Labute approximate surface area is 169 Å². The Hall–Kier alpha value is -2.67. The predicted molar refractivity (Wildman–Crippen MR) is 111 cm³/mol. The van der Waals surface area contributed by atoms with Crippen molar-refractivity contribution in [2.45, 2.75) is 38.4 Å². The number of rotatable bonds is 8. The minimum absolute atomic E-state index is 0.0240. The summed E-state index contributed by atoms with van der Waals surface area (Å²) in [5.41, 5.74) is 3.28. The SMILES string of the molecule is CCc1ccc([C@H](NC(=O)CSc2nnnn2-c2ccccc2)C(C)C)cc1. The minimum atomic E-state index is -0.0362. The van der Waals surface area contributed by atoms with Gasteiger partial charge in [-0.15, -0.1) is 5.10 Å². The van der Waals surface area contributed by atoms with Crippen LogP contribution >= 0.6 is 11.8 Å². The number of nitrogens with one attached hydrogen (secondary N) is 1. The Kier molecular flexibility index (Phi) is 6.81. The zero-order valence-electron chi connectivity index (χ0n) is 16.4. The topological polar surface area (TPSA) is 72.7 Å². The molecule has 1 N–H and O–H groups in total. The third kappa shape index (κ3) is 4.98. The average molecular weight is 396 g/mol. The van der Waals surface area contributed by atoms with Crippen molar-refractivity contribution in [1.82, 2.24) is 25.5 Å². The van der Waals surface area contributed by atoms with Crippen LogP contribution in [0.4, 0.5) is 0 Å². The van der Waals surface area contributed by atoms with Crippen molar-refractivity contribution in [2.75, 3.05) is 5.75 Å². The second-order valence-electron chi connectivity index (χ2n) is 6.88. The molecule has 0 radical (unpaired) electrons. The van der Waals surface area contributed by atoms with Crippen LogP contribution in [0.5, 0.6) is 0 Å².